The van der Waals surface area contributed by atoms with Crippen molar-refractivity contribution in [3.8, 4) is 11.3 Å². The fraction of sp³-hybridized carbons (Fsp3) is 0.208. The van der Waals surface area contributed by atoms with Crippen molar-refractivity contribution in [1.82, 2.24) is 20.3 Å². The van der Waals surface area contributed by atoms with Gasteiger partial charge in [-0.25, -0.2) is 14.8 Å². The summed E-state index contributed by atoms with van der Waals surface area (Å²) < 4.78 is 11.4. The molecule has 3 aromatic heterocycles. The lowest BCUT2D eigenvalue weighted by atomic mass is 9.96. The normalized spacial score (nSPS) is 16.0. The van der Waals surface area contributed by atoms with Crippen LogP contribution in [0.1, 0.15) is 28.9 Å². The first-order valence-corrected chi connectivity index (χ1v) is 10.5. The zero-order valence-electron chi connectivity index (χ0n) is 17.9. The van der Waals surface area contributed by atoms with Gasteiger partial charge in [0.15, 0.2) is 5.78 Å². The number of carbonyl (C=O) groups excluding carboxylic acids is 1. The highest BCUT2D eigenvalue weighted by atomic mass is 16.5. The third-order valence-corrected chi connectivity index (χ3v) is 5.42. The molecule has 33 heavy (non-hydrogen) atoms. The van der Waals surface area contributed by atoms with Gasteiger partial charge in [-0.05, 0) is 37.3 Å². The summed E-state index contributed by atoms with van der Waals surface area (Å²) >= 11 is 0. The Morgan fingerprint density at radius 2 is 2.12 bits per heavy atom. The van der Waals surface area contributed by atoms with Crippen LogP contribution in [-0.4, -0.2) is 40.4 Å². The van der Waals surface area contributed by atoms with E-state index in [0.29, 0.717) is 41.3 Å². The maximum Gasteiger partial charge on any atom is 0.347 e. The van der Waals surface area contributed by atoms with Gasteiger partial charge in [0.2, 0.25) is 5.95 Å². The van der Waals surface area contributed by atoms with Crippen molar-refractivity contribution in [2.75, 3.05) is 25.0 Å². The zero-order valence-corrected chi connectivity index (χ0v) is 17.9. The van der Waals surface area contributed by atoms with Gasteiger partial charge in [-0.2, -0.15) is 0 Å². The van der Waals surface area contributed by atoms with Crippen molar-refractivity contribution in [3.63, 3.8) is 0 Å². The van der Waals surface area contributed by atoms with Crippen LogP contribution in [0.4, 0.5) is 11.6 Å². The molecule has 0 aliphatic carbocycles. The number of pyridine rings is 1. The molecule has 1 atom stereocenters. The summed E-state index contributed by atoms with van der Waals surface area (Å²) in [5, 5.41) is 7.05. The van der Waals surface area contributed by atoms with E-state index < -0.39 is 11.7 Å². The Hall–Kier alpha value is -3.95. The van der Waals surface area contributed by atoms with Gasteiger partial charge >= 0.3 is 5.63 Å². The molecule has 1 aliphatic rings. The van der Waals surface area contributed by atoms with Crippen LogP contribution in [0.5, 0.6) is 0 Å². The highest BCUT2D eigenvalue weighted by molar-refractivity contribution is 6.00. The number of fused-ring (bicyclic) bond motifs is 1. The molecule has 9 heteroatoms. The Morgan fingerprint density at radius 3 is 2.88 bits per heavy atom. The fourth-order valence-corrected chi connectivity index (χ4v) is 3.94. The van der Waals surface area contributed by atoms with Crippen LogP contribution in [0, 0.1) is 0 Å². The molecule has 0 bridgehead atoms. The average molecular weight is 443 g/mol. The smallest absolute Gasteiger partial charge is 0.347 e. The van der Waals surface area contributed by atoms with E-state index in [1.54, 1.807) is 30.7 Å². The number of morpholine rings is 1. The second kappa shape index (κ2) is 8.89. The van der Waals surface area contributed by atoms with Gasteiger partial charge in [-0.3, -0.25) is 9.78 Å². The molecule has 4 heterocycles. The van der Waals surface area contributed by atoms with Crippen LogP contribution < -0.4 is 16.3 Å². The molecule has 2 N–H and O–H groups in total. The van der Waals surface area contributed by atoms with Crippen LogP contribution in [-0.2, 0) is 4.74 Å². The van der Waals surface area contributed by atoms with E-state index >= 15 is 0 Å². The summed E-state index contributed by atoms with van der Waals surface area (Å²) in [6.45, 7) is 3.08. The number of nitrogens with zero attached hydrogens (tertiary/aromatic N) is 3. The van der Waals surface area contributed by atoms with Gasteiger partial charge in [0.1, 0.15) is 11.1 Å². The third kappa shape index (κ3) is 4.23. The number of Topliss-reactive ketones (excluding diaryl/α,β-unsaturated/α-hetero) is 1. The molecule has 1 saturated heterocycles. The predicted octanol–water partition coefficient (Wildman–Crippen LogP) is 3.25. The molecule has 1 aliphatic heterocycles. The second-order valence-corrected chi connectivity index (χ2v) is 7.64. The average Bonchev–Trinajstić information content (AvgIpc) is 2.84. The lowest BCUT2D eigenvalue weighted by molar-refractivity contribution is 0.0277. The number of hydrogen-bond acceptors (Lipinski definition) is 9. The van der Waals surface area contributed by atoms with Crippen LogP contribution in [0.25, 0.3) is 22.2 Å². The minimum atomic E-state index is -0.675. The zero-order chi connectivity index (χ0) is 22.8. The standard InChI is InChI=1S/C24H21N5O4/c1-14(30)21-22(20-13-26-9-10-32-20)17-5-4-16(11-19(17)33-23(21)31)28-24-27-8-6-18(29-24)15-3-2-7-25-12-15/h2-8,11-12,20,26H,9-10,13H2,1H3,(H,27,28,29). The van der Waals surface area contributed by atoms with E-state index in [1.807, 2.05) is 24.3 Å². The number of carbonyl (C=O) groups is 1. The lowest BCUT2D eigenvalue weighted by Crippen LogP contribution is -2.35. The number of benzene rings is 1. The summed E-state index contributed by atoms with van der Waals surface area (Å²) in [5.74, 6) is 0.0380. The lowest BCUT2D eigenvalue weighted by Gasteiger charge is -2.26. The van der Waals surface area contributed by atoms with Crippen molar-refractivity contribution in [2.24, 2.45) is 0 Å². The largest absolute Gasteiger partial charge is 0.422 e. The highest BCUT2D eigenvalue weighted by Gasteiger charge is 2.27. The molecule has 0 saturated carbocycles. The predicted molar refractivity (Wildman–Crippen MR) is 123 cm³/mol. The van der Waals surface area contributed by atoms with Crippen molar-refractivity contribution in [2.45, 2.75) is 13.0 Å². The summed E-state index contributed by atoms with van der Waals surface area (Å²) in [7, 11) is 0. The van der Waals surface area contributed by atoms with Gasteiger partial charge in [0, 0.05) is 59.9 Å². The molecule has 1 fully saturated rings. The van der Waals surface area contributed by atoms with E-state index in [-0.39, 0.29) is 11.3 Å². The first kappa shape index (κ1) is 20.9. The minimum absolute atomic E-state index is 0.0319. The van der Waals surface area contributed by atoms with Gasteiger partial charge in [-0.15, -0.1) is 0 Å². The number of ketones is 1. The topological polar surface area (TPSA) is 119 Å². The van der Waals surface area contributed by atoms with Crippen LogP contribution in [0.15, 0.2) is 64.2 Å². The molecule has 0 amide bonds. The van der Waals surface area contributed by atoms with E-state index in [2.05, 4.69) is 25.6 Å². The SMILES string of the molecule is CC(=O)c1c(C2CNCCO2)c2ccc(Nc3nccc(-c4cccnc4)n3)cc2oc1=O. The molecule has 5 rings (SSSR count). The van der Waals surface area contributed by atoms with E-state index in [9.17, 15) is 9.59 Å². The van der Waals surface area contributed by atoms with E-state index in [4.69, 9.17) is 9.15 Å². The molecule has 4 aromatic rings. The van der Waals surface area contributed by atoms with Crippen molar-refractivity contribution < 1.29 is 13.9 Å². The van der Waals surface area contributed by atoms with Gasteiger partial charge in [0.25, 0.3) is 0 Å². The third-order valence-electron chi connectivity index (χ3n) is 5.42. The first-order chi connectivity index (χ1) is 16.1. The van der Waals surface area contributed by atoms with Crippen molar-refractivity contribution in [3.05, 3.63) is 76.5 Å². The quantitative estimate of drug-likeness (QED) is 0.354. The molecule has 1 aromatic carbocycles. The maximum atomic E-state index is 12.7. The second-order valence-electron chi connectivity index (χ2n) is 7.64. The van der Waals surface area contributed by atoms with Crippen LogP contribution >= 0.6 is 0 Å². The Balaban J connectivity index is 1.54. The number of ether oxygens (including phenoxy) is 1. The molecule has 9 nitrogen and oxygen atoms in total. The number of hydrogen-bond donors (Lipinski definition) is 2. The molecule has 166 valence electrons. The monoisotopic (exact) mass is 443 g/mol. The number of nitrogens with one attached hydrogen (secondary N) is 2. The van der Waals surface area contributed by atoms with Crippen LogP contribution in [0.3, 0.4) is 0 Å². The molecular formula is C24H21N5O4. The minimum Gasteiger partial charge on any atom is -0.422 e. The summed E-state index contributed by atoms with van der Waals surface area (Å²) in [5.41, 5.74) is 2.50. The Bertz CT molecular complexity index is 1380. The summed E-state index contributed by atoms with van der Waals surface area (Å²) in [4.78, 5) is 37.9. The van der Waals surface area contributed by atoms with Crippen molar-refractivity contribution >= 4 is 28.4 Å². The Labute approximate surface area is 188 Å². The maximum absolute atomic E-state index is 12.7. The summed E-state index contributed by atoms with van der Waals surface area (Å²) in [6.07, 6.45) is 4.67. The first-order valence-electron chi connectivity index (χ1n) is 10.5. The molecule has 0 radical (unpaired) electrons. The van der Waals surface area contributed by atoms with Crippen molar-refractivity contribution in [1.29, 1.82) is 0 Å². The highest BCUT2D eigenvalue weighted by Crippen LogP contribution is 2.31. The Morgan fingerprint density at radius 1 is 1.21 bits per heavy atom. The molecule has 1 unspecified atom stereocenters. The van der Waals surface area contributed by atoms with Crippen LogP contribution in [0.2, 0.25) is 0 Å². The Kier molecular flexibility index (Phi) is 5.64. The van der Waals surface area contributed by atoms with Gasteiger partial charge in [-0.1, -0.05) is 0 Å². The number of anilines is 2. The number of aromatic nitrogens is 3. The number of rotatable bonds is 5. The molecule has 0 spiro atoms. The summed E-state index contributed by atoms with van der Waals surface area (Å²) in [6, 6.07) is 10.9. The fourth-order valence-electron chi connectivity index (χ4n) is 3.94. The van der Waals surface area contributed by atoms with Gasteiger partial charge in [0.05, 0.1) is 18.4 Å². The van der Waals surface area contributed by atoms with Gasteiger partial charge < -0.3 is 19.8 Å². The van der Waals surface area contributed by atoms with E-state index in [1.165, 1.54) is 6.92 Å². The van der Waals surface area contributed by atoms with E-state index in [0.717, 1.165) is 17.8 Å². The molecular weight excluding hydrogens is 422 g/mol.